The molecule has 1 heterocycles. The molecule has 1 aromatic rings. The first-order chi connectivity index (χ1) is 10.2. The van der Waals surface area contributed by atoms with E-state index in [-0.39, 0.29) is 6.04 Å². The van der Waals surface area contributed by atoms with E-state index < -0.39 is 17.7 Å². The molecule has 0 aliphatic carbocycles. The summed E-state index contributed by atoms with van der Waals surface area (Å²) in [7, 11) is 0. The van der Waals surface area contributed by atoms with Gasteiger partial charge >= 0.3 is 12.1 Å². The number of fused-ring (bicyclic) bond motifs is 1. The molecular weight excluding hydrogens is 302 g/mol. The first kappa shape index (κ1) is 16.7. The van der Waals surface area contributed by atoms with Gasteiger partial charge in [-0.15, -0.1) is 11.8 Å². The Morgan fingerprint density at radius 3 is 2.64 bits per heavy atom. The van der Waals surface area contributed by atoms with Crippen LogP contribution < -0.4 is 5.32 Å². The summed E-state index contributed by atoms with van der Waals surface area (Å²) in [4.78, 5) is 24.1. The Morgan fingerprint density at radius 2 is 2.05 bits per heavy atom. The third-order valence-electron chi connectivity index (χ3n) is 3.32. The van der Waals surface area contributed by atoms with Gasteiger partial charge in [-0.2, -0.15) is 0 Å². The summed E-state index contributed by atoms with van der Waals surface area (Å²) in [5.41, 5.74) is 1.43. The lowest BCUT2D eigenvalue weighted by molar-refractivity contribution is 0.0500. The van der Waals surface area contributed by atoms with Gasteiger partial charge in [0, 0.05) is 10.6 Å². The van der Waals surface area contributed by atoms with Crippen LogP contribution in [0.5, 0.6) is 0 Å². The van der Waals surface area contributed by atoms with Gasteiger partial charge in [0.15, 0.2) is 0 Å². The Morgan fingerprint density at radius 1 is 1.36 bits per heavy atom. The highest BCUT2D eigenvalue weighted by Crippen LogP contribution is 2.38. The molecule has 5 nitrogen and oxygen atoms in total. The predicted octanol–water partition coefficient (Wildman–Crippen LogP) is 3.75. The fraction of sp³-hybridized carbons (Fsp3) is 0.500. The second kappa shape index (κ2) is 6.20. The largest absolute Gasteiger partial charge is 0.478 e. The van der Waals surface area contributed by atoms with Gasteiger partial charge in [0.2, 0.25) is 0 Å². The monoisotopic (exact) mass is 323 g/mol. The summed E-state index contributed by atoms with van der Waals surface area (Å²) in [5.74, 6) is -0.0987. The van der Waals surface area contributed by atoms with Crippen molar-refractivity contribution in [2.24, 2.45) is 0 Å². The molecule has 1 aliphatic rings. The topological polar surface area (TPSA) is 75.6 Å². The Kier molecular flexibility index (Phi) is 4.70. The SMILES string of the molecule is Cc1cc2c(cc1C(=O)O)SCC[C@@H]2NC(=O)OC(C)(C)C. The highest BCUT2D eigenvalue weighted by molar-refractivity contribution is 7.99. The minimum atomic E-state index is -0.928. The molecule has 1 atom stereocenters. The minimum absolute atomic E-state index is 0.146. The molecule has 120 valence electrons. The summed E-state index contributed by atoms with van der Waals surface area (Å²) in [5, 5.41) is 12.1. The Hall–Kier alpha value is -1.69. The van der Waals surface area contributed by atoms with Crippen LogP contribution in [0, 0.1) is 6.92 Å². The zero-order valence-corrected chi connectivity index (χ0v) is 14.0. The van der Waals surface area contributed by atoms with Crippen molar-refractivity contribution in [2.75, 3.05) is 5.75 Å². The maximum Gasteiger partial charge on any atom is 0.408 e. The minimum Gasteiger partial charge on any atom is -0.478 e. The van der Waals surface area contributed by atoms with Gasteiger partial charge in [-0.3, -0.25) is 0 Å². The van der Waals surface area contributed by atoms with Gasteiger partial charge in [-0.05, 0) is 51.3 Å². The molecule has 2 N–H and O–H groups in total. The lowest BCUT2D eigenvalue weighted by atomic mass is 9.98. The van der Waals surface area contributed by atoms with Gasteiger partial charge in [-0.25, -0.2) is 9.59 Å². The first-order valence-corrected chi connectivity index (χ1v) is 8.16. The predicted molar refractivity (Wildman–Crippen MR) is 85.6 cm³/mol. The van der Waals surface area contributed by atoms with Gasteiger partial charge in [-0.1, -0.05) is 6.07 Å². The molecule has 6 heteroatoms. The molecule has 2 rings (SSSR count). The number of benzene rings is 1. The van der Waals surface area contributed by atoms with Crippen molar-refractivity contribution in [3.8, 4) is 0 Å². The molecule has 1 aliphatic heterocycles. The number of hydrogen-bond acceptors (Lipinski definition) is 4. The van der Waals surface area contributed by atoms with Crippen LogP contribution in [-0.4, -0.2) is 28.5 Å². The van der Waals surface area contributed by atoms with Crippen LogP contribution in [0.4, 0.5) is 4.79 Å². The highest BCUT2D eigenvalue weighted by atomic mass is 32.2. The van der Waals surface area contributed by atoms with Crippen LogP contribution in [-0.2, 0) is 4.74 Å². The number of alkyl carbamates (subject to hydrolysis) is 1. The van der Waals surface area contributed by atoms with Crippen molar-refractivity contribution in [3.05, 3.63) is 28.8 Å². The average Bonchev–Trinajstić information content (AvgIpc) is 2.36. The van der Waals surface area contributed by atoms with Crippen LogP contribution in [0.15, 0.2) is 17.0 Å². The van der Waals surface area contributed by atoms with Gasteiger partial charge in [0.25, 0.3) is 0 Å². The Bertz CT molecular complexity index is 607. The maximum atomic E-state index is 12.0. The van der Waals surface area contributed by atoms with Crippen LogP contribution >= 0.6 is 11.8 Å². The smallest absolute Gasteiger partial charge is 0.408 e. The van der Waals surface area contributed by atoms with Crippen LogP contribution in [0.2, 0.25) is 0 Å². The Balaban J connectivity index is 2.23. The molecule has 0 radical (unpaired) electrons. The summed E-state index contributed by atoms with van der Waals surface area (Å²) >= 11 is 1.62. The van der Waals surface area contributed by atoms with Crippen LogP contribution in [0.1, 0.15) is 54.7 Å². The Labute approximate surface area is 134 Å². The van der Waals surface area contributed by atoms with Crippen molar-refractivity contribution in [1.82, 2.24) is 5.32 Å². The van der Waals surface area contributed by atoms with E-state index in [0.29, 0.717) is 11.1 Å². The standard InChI is InChI=1S/C16H21NO4S/c1-9-7-11-12(17-15(20)21-16(2,3)4)5-6-22-13(11)8-10(9)14(18)19/h7-8,12H,5-6H2,1-4H3,(H,17,20)(H,18,19)/t12-/m0/s1. The van der Waals surface area contributed by atoms with E-state index in [9.17, 15) is 14.7 Å². The van der Waals surface area contributed by atoms with Gasteiger partial charge in [0.1, 0.15) is 5.60 Å². The van der Waals surface area contributed by atoms with E-state index in [0.717, 1.165) is 22.6 Å². The molecule has 1 amide bonds. The number of thioether (sulfide) groups is 1. The van der Waals surface area contributed by atoms with Crippen molar-refractivity contribution in [1.29, 1.82) is 0 Å². The zero-order chi connectivity index (χ0) is 16.5. The first-order valence-electron chi connectivity index (χ1n) is 7.17. The van der Waals surface area contributed by atoms with Crippen molar-refractivity contribution < 1.29 is 19.4 Å². The molecule has 0 fully saturated rings. The van der Waals surface area contributed by atoms with E-state index >= 15 is 0 Å². The van der Waals surface area contributed by atoms with Gasteiger partial charge in [0.05, 0.1) is 11.6 Å². The number of aryl methyl sites for hydroxylation is 1. The number of amides is 1. The van der Waals surface area contributed by atoms with Crippen molar-refractivity contribution in [2.45, 2.75) is 50.7 Å². The summed E-state index contributed by atoms with van der Waals surface area (Å²) in [6.45, 7) is 7.23. The molecule has 1 aromatic carbocycles. The van der Waals surface area contributed by atoms with E-state index in [1.807, 2.05) is 26.8 Å². The van der Waals surface area contributed by atoms with E-state index in [1.54, 1.807) is 24.8 Å². The number of rotatable bonds is 2. The summed E-state index contributed by atoms with van der Waals surface area (Å²) < 4.78 is 5.30. The van der Waals surface area contributed by atoms with Gasteiger partial charge < -0.3 is 15.2 Å². The van der Waals surface area contributed by atoms with Crippen molar-refractivity contribution >= 4 is 23.8 Å². The second-order valence-corrected chi connectivity index (χ2v) is 7.48. The molecule has 0 bridgehead atoms. The number of carbonyl (C=O) groups excluding carboxylic acids is 1. The van der Waals surface area contributed by atoms with Crippen LogP contribution in [0.3, 0.4) is 0 Å². The molecule has 0 saturated heterocycles. The molecule has 0 unspecified atom stereocenters. The normalized spacial score (nSPS) is 17.5. The number of carboxylic acids is 1. The zero-order valence-electron chi connectivity index (χ0n) is 13.2. The summed E-state index contributed by atoms with van der Waals surface area (Å²) in [6, 6.07) is 3.40. The number of hydrogen-bond donors (Lipinski definition) is 2. The molecule has 22 heavy (non-hydrogen) atoms. The number of aromatic carboxylic acids is 1. The second-order valence-electron chi connectivity index (χ2n) is 6.35. The van der Waals surface area contributed by atoms with Crippen LogP contribution in [0.25, 0.3) is 0 Å². The fourth-order valence-electron chi connectivity index (χ4n) is 2.38. The quantitative estimate of drug-likeness (QED) is 0.867. The number of ether oxygens (including phenoxy) is 1. The third-order valence-corrected chi connectivity index (χ3v) is 4.42. The maximum absolute atomic E-state index is 12.0. The number of nitrogens with one attached hydrogen (secondary N) is 1. The van der Waals surface area contributed by atoms with Crippen molar-refractivity contribution in [3.63, 3.8) is 0 Å². The van der Waals surface area contributed by atoms with E-state index in [2.05, 4.69) is 5.32 Å². The number of carbonyl (C=O) groups is 2. The molecule has 0 spiro atoms. The average molecular weight is 323 g/mol. The summed E-state index contributed by atoms with van der Waals surface area (Å²) in [6.07, 6.45) is 0.346. The van der Waals surface area contributed by atoms with E-state index in [4.69, 9.17) is 4.74 Å². The molecular formula is C16H21NO4S. The highest BCUT2D eigenvalue weighted by Gasteiger charge is 2.26. The van der Waals surface area contributed by atoms with E-state index in [1.165, 1.54) is 0 Å². The molecule has 0 saturated carbocycles. The third kappa shape index (κ3) is 3.94. The number of carboxylic acid groups (broad SMARTS) is 1. The fourth-order valence-corrected chi connectivity index (χ4v) is 3.52. The molecule has 0 aromatic heterocycles. The lowest BCUT2D eigenvalue weighted by Gasteiger charge is -2.28. The lowest BCUT2D eigenvalue weighted by Crippen LogP contribution is -2.36.